The van der Waals surface area contributed by atoms with Gasteiger partial charge in [-0.15, -0.1) is 0 Å². The summed E-state index contributed by atoms with van der Waals surface area (Å²) in [7, 11) is 1.92. The van der Waals surface area contributed by atoms with Crippen LogP contribution in [-0.4, -0.2) is 69.1 Å². The van der Waals surface area contributed by atoms with Crippen LogP contribution < -0.4 is 15.1 Å². The summed E-state index contributed by atoms with van der Waals surface area (Å²) in [6, 6.07) is 22.0. The second kappa shape index (κ2) is 10.1. The van der Waals surface area contributed by atoms with Gasteiger partial charge in [-0.2, -0.15) is 0 Å². The summed E-state index contributed by atoms with van der Waals surface area (Å²) in [5.41, 5.74) is 2.63. The van der Waals surface area contributed by atoms with Crippen LogP contribution in [0.5, 0.6) is 0 Å². The van der Waals surface area contributed by atoms with E-state index in [0.29, 0.717) is 19.1 Å². The van der Waals surface area contributed by atoms with Crippen LogP contribution in [0.1, 0.15) is 30.0 Å². The molecule has 4 rings (SSSR count). The Kier molecular flexibility index (Phi) is 6.99. The second-order valence-electron chi connectivity index (χ2n) is 8.95. The Morgan fingerprint density at radius 2 is 1.52 bits per heavy atom. The summed E-state index contributed by atoms with van der Waals surface area (Å²) in [6.45, 7) is 4.08. The first-order valence-electron chi connectivity index (χ1n) is 11.4. The number of amides is 2. The minimum absolute atomic E-state index is 0.0515. The van der Waals surface area contributed by atoms with Crippen molar-refractivity contribution >= 4 is 11.8 Å². The van der Waals surface area contributed by atoms with E-state index in [2.05, 4.69) is 66.0 Å². The summed E-state index contributed by atoms with van der Waals surface area (Å²) in [6.07, 6.45) is 2.17. The Morgan fingerprint density at radius 3 is 2.03 bits per heavy atom. The molecule has 2 fully saturated rings. The standard InChI is InChI=1S/C25H32N4O2/c1-27(18-23(30)26-22-12-13-22)19-24(31)28-14-16-29(17-15-28)25(20-8-4-2-5-9-20)21-10-6-3-7-11-21/h2-11,22,25H,12-19H2,1H3,(H,26,30)/p+2. The van der Waals surface area contributed by atoms with Crippen LogP contribution in [-0.2, 0) is 9.59 Å². The number of nitrogens with zero attached hydrogens (tertiary/aromatic N) is 1. The largest absolute Gasteiger partial charge is 0.348 e. The van der Waals surface area contributed by atoms with Crippen LogP contribution in [0.15, 0.2) is 60.7 Å². The normalized spacial score (nSPS) is 18.1. The third kappa shape index (κ3) is 5.93. The number of hydrogen-bond acceptors (Lipinski definition) is 2. The molecule has 1 saturated heterocycles. The predicted molar refractivity (Wildman–Crippen MR) is 120 cm³/mol. The monoisotopic (exact) mass is 422 g/mol. The quantitative estimate of drug-likeness (QED) is 0.527. The van der Waals surface area contributed by atoms with Gasteiger partial charge in [0.25, 0.3) is 11.8 Å². The fourth-order valence-corrected chi connectivity index (χ4v) is 4.50. The molecule has 6 heteroatoms. The van der Waals surface area contributed by atoms with Gasteiger partial charge in [-0.3, -0.25) is 9.59 Å². The molecule has 2 aromatic rings. The molecule has 0 radical (unpaired) electrons. The highest BCUT2D eigenvalue weighted by atomic mass is 16.2. The molecule has 31 heavy (non-hydrogen) atoms. The molecule has 2 aromatic carbocycles. The number of benzene rings is 2. The highest BCUT2D eigenvalue weighted by Crippen LogP contribution is 2.19. The average molecular weight is 423 g/mol. The molecule has 0 aromatic heterocycles. The number of likely N-dealkylation sites (N-methyl/N-ethyl adjacent to an activating group) is 1. The zero-order valence-electron chi connectivity index (χ0n) is 18.3. The zero-order valence-corrected chi connectivity index (χ0v) is 18.3. The van der Waals surface area contributed by atoms with Gasteiger partial charge in [0.15, 0.2) is 13.1 Å². The molecule has 1 heterocycles. The maximum atomic E-state index is 12.8. The first-order chi connectivity index (χ1) is 15.1. The van der Waals surface area contributed by atoms with Crippen LogP contribution in [0.3, 0.4) is 0 Å². The van der Waals surface area contributed by atoms with E-state index in [-0.39, 0.29) is 17.9 Å². The Morgan fingerprint density at radius 1 is 0.968 bits per heavy atom. The lowest BCUT2D eigenvalue weighted by molar-refractivity contribution is -0.929. The third-order valence-corrected chi connectivity index (χ3v) is 6.29. The molecule has 1 unspecified atom stereocenters. The topological polar surface area (TPSA) is 58.3 Å². The first-order valence-corrected chi connectivity index (χ1v) is 11.4. The molecule has 2 amide bonds. The summed E-state index contributed by atoms with van der Waals surface area (Å²) >= 11 is 0. The number of quaternary nitrogens is 2. The Bertz CT molecular complexity index is 822. The predicted octanol–water partition coefficient (Wildman–Crippen LogP) is -0.704. The van der Waals surface area contributed by atoms with Crippen molar-refractivity contribution in [3.05, 3.63) is 71.8 Å². The molecule has 1 atom stereocenters. The summed E-state index contributed by atoms with van der Waals surface area (Å²) in [5.74, 6) is 0.197. The highest BCUT2D eigenvalue weighted by Gasteiger charge is 2.32. The van der Waals surface area contributed by atoms with Crippen LogP contribution in [0.4, 0.5) is 0 Å². The van der Waals surface area contributed by atoms with Crippen LogP contribution in [0.25, 0.3) is 0 Å². The third-order valence-electron chi connectivity index (χ3n) is 6.29. The van der Waals surface area contributed by atoms with Gasteiger partial charge in [-0.25, -0.2) is 0 Å². The Labute approximate surface area is 184 Å². The van der Waals surface area contributed by atoms with E-state index in [1.807, 2.05) is 11.9 Å². The van der Waals surface area contributed by atoms with E-state index in [4.69, 9.17) is 0 Å². The van der Waals surface area contributed by atoms with Crippen molar-refractivity contribution in [1.29, 1.82) is 0 Å². The number of hydrogen-bond donors (Lipinski definition) is 3. The molecule has 2 aliphatic rings. The smallest absolute Gasteiger partial charge is 0.278 e. The van der Waals surface area contributed by atoms with Crippen molar-refractivity contribution in [3.8, 4) is 0 Å². The Hall–Kier alpha value is -2.70. The molecule has 1 aliphatic carbocycles. The minimum atomic E-state index is 0.0515. The summed E-state index contributed by atoms with van der Waals surface area (Å²) in [5, 5.41) is 3.00. The maximum absolute atomic E-state index is 12.8. The van der Waals surface area contributed by atoms with Crippen LogP contribution in [0.2, 0.25) is 0 Å². The fraction of sp³-hybridized carbons (Fsp3) is 0.440. The molecular weight excluding hydrogens is 388 g/mol. The van der Waals surface area contributed by atoms with Gasteiger partial charge in [0.05, 0.1) is 33.2 Å². The van der Waals surface area contributed by atoms with E-state index in [1.54, 1.807) is 0 Å². The second-order valence-corrected chi connectivity index (χ2v) is 8.95. The molecule has 6 nitrogen and oxygen atoms in total. The van der Waals surface area contributed by atoms with Gasteiger partial charge in [0.2, 0.25) is 0 Å². The molecule has 1 aliphatic heterocycles. The molecule has 164 valence electrons. The molecule has 1 saturated carbocycles. The van der Waals surface area contributed by atoms with Crippen LogP contribution in [0, 0.1) is 0 Å². The van der Waals surface area contributed by atoms with Crippen molar-refractivity contribution in [2.24, 2.45) is 0 Å². The van der Waals surface area contributed by atoms with E-state index in [0.717, 1.165) is 43.9 Å². The Balaban J connectivity index is 1.33. The van der Waals surface area contributed by atoms with E-state index in [9.17, 15) is 9.59 Å². The average Bonchev–Trinajstić information content (AvgIpc) is 3.59. The van der Waals surface area contributed by atoms with Crippen molar-refractivity contribution in [2.45, 2.75) is 24.9 Å². The van der Waals surface area contributed by atoms with Gasteiger partial charge in [0.1, 0.15) is 6.04 Å². The van der Waals surface area contributed by atoms with Crippen molar-refractivity contribution in [3.63, 3.8) is 0 Å². The SMILES string of the molecule is C[NH+](CC(=O)NC1CC1)CC(=O)N1CC[NH+](C(c2ccccc2)c2ccccc2)CC1. The number of nitrogens with one attached hydrogen (secondary N) is 3. The summed E-state index contributed by atoms with van der Waals surface area (Å²) in [4.78, 5) is 29.2. The van der Waals surface area contributed by atoms with Crippen molar-refractivity contribution < 1.29 is 19.4 Å². The lowest BCUT2D eigenvalue weighted by Crippen LogP contribution is -3.15. The lowest BCUT2D eigenvalue weighted by atomic mass is 9.96. The van der Waals surface area contributed by atoms with Gasteiger partial charge in [-0.1, -0.05) is 60.7 Å². The van der Waals surface area contributed by atoms with E-state index < -0.39 is 0 Å². The molecular formula is C25H34N4O2+2. The van der Waals surface area contributed by atoms with E-state index >= 15 is 0 Å². The number of piperazine rings is 1. The first kappa shape index (κ1) is 21.5. The molecule has 0 spiro atoms. The van der Waals surface area contributed by atoms with E-state index in [1.165, 1.54) is 16.0 Å². The maximum Gasteiger partial charge on any atom is 0.278 e. The lowest BCUT2D eigenvalue weighted by Gasteiger charge is -2.37. The summed E-state index contributed by atoms with van der Waals surface area (Å²) < 4.78 is 0. The van der Waals surface area contributed by atoms with Gasteiger partial charge in [-0.05, 0) is 12.8 Å². The minimum Gasteiger partial charge on any atom is -0.348 e. The highest BCUT2D eigenvalue weighted by molar-refractivity contribution is 5.79. The van der Waals surface area contributed by atoms with Gasteiger partial charge >= 0.3 is 0 Å². The van der Waals surface area contributed by atoms with Gasteiger partial charge < -0.3 is 20.0 Å². The molecule has 0 bridgehead atoms. The van der Waals surface area contributed by atoms with Crippen molar-refractivity contribution in [2.75, 3.05) is 46.3 Å². The molecule has 3 N–H and O–H groups in total. The number of rotatable bonds is 8. The number of carbonyl (C=O) groups excluding carboxylic acids is 2. The number of carbonyl (C=O) groups is 2. The fourth-order valence-electron chi connectivity index (χ4n) is 4.50. The zero-order chi connectivity index (χ0) is 21.6. The van der Waals surface area contributed by atoms with Gasteiger partial charge in [0, 0.05) is 17.2 Å². The van der Waals surface area contributed by atoms with Crippen molar-refractivity contribution in [1.82, 2.24) is 10.2 Å². The van der Waals surface area contributed by atoms with Crippen LogP contribution >= 0.6 is 0 Å².